The van der Waals surface area contributed by atoms with Gasteiger partial charge in [0.05, 0.1) is 30.0 Å². The molecule has 0 saturated carbocycles. The Morgan fingerprint density at radius 1 is 1.19 bits per heavy atom. The lowest BCUT2D eigenvalue weighted by Gasteiger charge is -2.13. The van der Waals surface area contributed by atoms with Crippen molar-refractivity contribution in [3.05, 3.63) is 47.1 Å². The number of thiazole rings is 1. The zero-order valence-corrected chi connectivity index (χ0v) is 17.8. The first-order chi connectivity index (χ1) is 14.7. The van der Waals surface area contributed by atoms with Crippen LogP contribution in [0.3, 0.4) is 0 Å². The number of hydrogen-bond donors (Lipinski definition) is 2. The maximum Gasteiger partial charge on any atom is 0.419 e. The number of halogens is 3. The molecule has 164 valence electrons. The molecule has 3 heterocycles. The molecule has 0 aliphatic carbocycles. The number of rotatable bonds is 7. The van der Waals surface area contributed by atoms with E-state index < -0.39 is 17.6 Å². The molecule has 3 rings (SSSR count). The fourth-order valence-corrected chi connectivity index (χ4v) is 3.32. The highest BCUT2D eigenvalue weighted by atomic mass is 32.1. The number of hydrogen-bond acceptors (Lipinski definition) is 7. The van der Waals surface area contributed by atoms with Gasteiger partial charge in [0.1, 0.15) is 17.3 Å². The molecular formula is C20H20F3N5O2S. The molecule has 0 aliphatic rings. The monoisotopic (exact) mass is 451 g/mol. The number of nitrogens with zero attached hydrogens (tertiary/aromatic N) is 3. The molecule has 11 heteroatoms. The molecule has 7 nitrogen and oxygen atoms in total. The molecule has 0 aliphatic heterocycles. The Kier molecular flexibility index (Phi) is 6.74. The summed E-state index contributed by atoms with van der Waals surface area (Å²) >= 11 is 1.13. The van der Waals surface area contributed by atoms with Crippen molar-refractivity contribution >= 4 is 28.2 Å². The Morgan fingerprint density at radius 3 is 2.58 bits per heavy atom. The summed E-state index contributed by atoms with van der Waals surface area (Å²) in [5.74, 6) is -0.177. The largest absolute Gasteiger partial charge is 0.489 e. The predicted molar refractivity (Wildman–Crippen MR) is 111 cm³/mol. The third kappa shape index (κ3) is 5.91. The molecule has 0 aromatic carbocycles. The van der Waals surface area contributed by atoms with Gasteiger partial charge in [0, 0.05) is 18.6 Å². The Labute approximate surface area is 180 Å². The lowest BCUT2D eigenvalue weighted by Crippen LogP contribution is -2.20. The van der Waals surface area contributed by atoms with Gasteiger partial charge in [-0.3, -0.25) is 9.78 Å². The third-order valence-corrected chi connectivity index (χ3v) is 4.75. The van der Waals surface area contributed by atoms with Gasteiger partial charge in [-0.1, -0.05) is 0 Å². The van der Waals surface area contributed by atoms with E-state index in [1.165, 1.54) is 13.2 Å². The highest BCUT2D eigenvalue weighted by molar-refractivity contribution is 7.14. The van der Waals surface area contributed by atoms with E-state index in [0.29, 0.717) is 17.1 Å². The molecule has 3 aromatic rings. The third-order valence-electron chi connectivity index (χ3n) is 3.99. The number of alkyl halides is 3. The number of carbonyl (C=O) groups excluding carboxylic acids is 1. The van der Waals surface area contributed by atoms with E-state index in [-0.39, 0.29) is 29.0 Å². The molecule has 3 aromatic heterocycles. The number of anilines is 2. The van der Waals surface area contributed by atoms with Gasteiger partial charge < -0.3 is 15.4 Å². The average molecular weight is 451 g/mol. The summed E-state index contributed by atoms with van der Waals surface area (Å²) in [5, 5.41) is 6.91. The molecule has 0 atom stereocenters. The second-order valence-electron chi connectivity index (χ2n) is 6.80. The van der Waals surface area contributed by atoms with Crippen molar-refractivity contribution in [3.63, 3.8) is 0 Å². The number of likely N-dealkylation sites (N-methyl/N-ethyl adjacent to an activating group) is 1. The Morgan fingerprint density at radius 2 is 1.97 bits per heavy atom. The maximum absolute atomic E-state index is 13.5. The highest BCUT2D eigenvalue weighted by Crippen LogP contribution is 2.36. The molecule has 0 spiro atoms. The molecule has 0 fully saturated rings. The SMILES string of the molecule is CNC(=O)Cc1cnc(Nc2nc(-c3ccc(OC(C)C)cn3)cs2)c(C(F)(F)F)c1. The van der Waals surface area contributed by atoms with Crippen molar-refractivity contribution in [2.24, 2.45) is 0 Å². The van der Waals surface area contributed by atoms with Gasteiger partial charge in [-0.05, 0) is 37.6 Å². The van der Waals surface area contributed by atoms with Crippen LogP contribution in [-0.2, 0) is 17.4 Å². The Bertz CT molecular complexity index is 1050. The van der Waals surface area contributed by atoms with Crippen molar-refractivity contribution in [1.82, 2.24) is 20.3 Å². The number of nitrogens with one attached hydrogen (secondary N) is 2. The smallest absolute Gasteiger partial charge is 0.419 e. The van der Waals surface area contributed by atoms with E-state index >= 15 is 0 Å². The number of ether oxygens (including phenoxy) is 1. The molecular weight excluding hydrogens is 431 g/mol. The van der Waals surface area contributed by atoms with Crippen LogP contribution in [0.25, 0.3) is 11.4 Å². The Balaban J connectivity index is 1.81. The summed E-state index contributed by atoms with van der Waals surface area (Å²) in [6.07, 6.45) is -2.04. The van der Waals surface area contributed by atoms with Crippen LogP contribution in [0.5, 0.6) is 5.75 Å². The molecule has 2 N–H and O–H groups in total. The zero-order chi connectivity index (χ0) is 22.6. The van der Waals surface area contributed by atoms with E-state index in [1.54, 1.807) is 23.7 Å². The average Bonchev–Trinajstić information content (AvgIpc) is 3.17. The lowest BCUT2D eigenvalue weighted by molar-refractivity contribution is -0.137. The van der Waals surface area contributed by atoms with Gasteiger partial charge in [-0.25, -0.2) is 9.97 Å². The number of aromatic nitrogens is 3. The van der Waals surface area contributed by atoms with Gasteiger partial charge in [0.25, 0.3) is 0 Å². The molecule has 31 heavy (non-hydrogen) atoms. The number of pyridine rings is 2. The van der Waals surface area contributed by atoms with Crippen molar-refractivity contribution in [2.75, 3.05) is 12.4 Å². The topological polar surface area (TPSA) is 89.0 Å². The molecule has 0 unspecified atom stereocenters. The summed E-state index contributed by atoms with van der Waals surface area (Å²) in [5.41, 5.74) is 0.252. The maximum atomic E-state index is 13.5. The van der Waals surface area contributed by atoms with Crippen LogP contribution in [0.1, 0.15) is 25.0 Å². The van der Waals surface area contributed by atoms with Crippen LogP contribution in [0.15, 0.2) is 36.0 Å². The summed E-state index contributed by atoms with van der Waals surface area (Å²) in [6, 6.07) is 4.39. The van der Waals surface area contributed by atoms with Crippen molar-refractivity contribution < 1.29 is 22.7 Å². The first-order valence-corrected chi connectivity index (χ1v) is 10.2. The minimum atomic E-state index is -4.65. The van der Waals surface area contributed by atoms with E-state index in [2.05, 4.69) is 25.6 Å². The van der Waals surface area contributed by atoms with E-state index in [1.807, 2.05) is 13.8 Å². The molecule has 0 saturated heterocycles. The fourth-order valence-electron chi connectivity index (χ4n) is 2.62. The summed E-state index contributed by atoms with van der Waals surface area (Å²) in [4.78, 5) is 23.9. The van der Waals surface area contributed by atoms with Crippen LogP contribution in [-0.4, -0.2) is 34.0 Å². The molecule has 0 bridgehead atoms. The van der Waals surface area contributed by atoms with Gasteiger partial charge in [-0.15, -0.1) is 11.3 Å². The van der Waals surface area contributed by atoms with Gasteiger partial charge in [0.15, 0.2) is 5.13 Å². The van der Waals surface area contributed by atoms with E-state index in [0.717, 1.165) is 17.4 Å². The van der Waals surface area contributed by atoms with Crippen molar-refractivity contribution in [2.45, 2.75) is 32.5 Å². The van der Waals surface area contributed by atoms with Crippen LogP contribution >= 0.6 is 11.3 Å². The Hall–Kier alpha value is -3.21. The normalized spacial score (nSPS) is 11.5. The summed E-state index contributed by atoms with van der Waals surface area (Å²) in [7, 11) is 1.41. The fraction of sp³-hybridized carbons (Fsp3) is 0.300. The number of carbonyl (C=O) groups is 1. The first kappa shape index (κ1) is 22.5. The van der Waals surface area contributed by atoms with E-state index in [9.17, 15) is 18.0 Å². The minimum absolute atomic E-state index is 0.0146. The second-order valence-corrected chi connectivity index (χ2v) is 7.65. The van der Waals surface area contributed by atoms with Gasteiger partial charge >= 0.3 is 6.18 Å². The van der Waals surface area contributed by atoms with Crippen LogP contribution in [0.2, 0.25) is 0 Å². The van der Waals surface area contributed by atoms with Crippen molar-refractivity contribution in [1.29, 1.82) is 0 Å². The summed E-state index contributed by atoms with van der Waals surface area (Å²) < 4.78 is 46.1. The standard InChI is InChI=1S/C20H20F3N5O2S/c1-11(2)30-13-4-5-15(25-9-13)16-10-31-19(27-16)28-18-14(20(21,22)23)6-12(8-26-18)7-17(29)24-3/h4-6,8-11H,7H2,1-3H3,(H,24,29)(H,26,27,28). The number of amides is 1. The van der Waals surface area contributed by atoms with Crippen LogP contribution in [0.4, 0.5) is 24.1 Å². The lowest BCUT2D eigenvalue weighted by atomic mass is 10.1. The molecule has 1 amide bonds. The van der Waals surface area contributed by atoms with Gasteiger partial charge in [-0.2, -0.15) is 13.2 Å². The quantitative estimate of drug-likeness (QED) is 0.552. The van der Waals surface area contributed by atoms with Crippen molar-refractivity contribution in [3.8, 4) is 17.1 Å². The highest BCUT2D eigenvalue weighted by Gasteiger charge is 2.35. The first-order valence-electron chi connectivity index (χ1n) is 9.28. The molecule has 0 radical (unpaired) electrons. The van der Waals surface area contributed by atoms with Crippen LogP contribution in [0, 0.1) is 0 Å². The minimum Gasteiger partial charge on any atom is -0.489 e. The second kappa shape index (κ2) is 9.29. The summed E-state index contributed by atoms with van der Waals surface area (Å²) in [6.45, 7) is 3.81. The van der Waals surface area contributed by atoms with E-state index in [4.69, 9.17) is 4.74 Å². The zero-order valence-electron chi connectivity index (χ0n) is 16.9. The predicted octanol–water partition coefficient (Wildman–Crippen LogP) is 4.44. The van der Waals surface area contributed by atoms with Crippen LogP contribution < -0.4 is 15.4 Å². The van der Waals surface area contributed by atoms with Gasteiger partial charge in [0.2, 0.25) is 5.91 Å².